The largest absolute Gasteiger partial charge is 0.508 e. The van der Waals surface area contributed by atoms with E-state index >= 15 is 0 Å². The highest BCUT2D eigenvalue weighted by molar-refractivity contribution is 5.31. The first-order valence-corrected chi connectivity index (χ1v) is 3.06. The van der Waals surface area contributed by atoms with Crippen molar-refractivity contribution in [1.82, 2.24) is 0 Å². The number of phenols is 1. The van der Waals surface area contributed by atoms with Gasteiger partial charge in [-0.1, -0.05) is 18.2 Å². The van der Waals surface area contributed by atoms with Crippen LogP contribution in [-0.2, 0) is 6.40 Å². The second-order valence-electron chi connectivity index (χ2n) is 1.95. The predicted octanol–water partition coefficient (Wildman–Crippen LogP) is 0.927. The van der Waals surface area contributed by atoms with E-state index in [1.807, 2.05) is 0 Å². The molecule has 10 heavy (non-hydrogen) atoms. The zero-order valence-electron chi connectivity index (χ0n) is 6.49. The Hall–Kier alpha value is -1.02. The fourth-order valence-electron chi connectivity index (χ4n) is 0.758. The summed E-state index contributed by atoms with van der Waals surface area (Å²) in [5, 5.41) is 17.8. The van der Waals surface area contributed by atoms with Crippen molar-refractivity contribution >= 4 is 0 Å². The minimum Gasteiger partial charge on any atom is -0.508 e. The first-order valence-electron chi connectivity index (χ1n) is 3.64. The standard InChI is InChI=1S/C8H10O2/c9-6-5-7-3-1-2-4-8(7)10/h1-4,9-10H,5-6H2/i5D. The van der Waals surface area contributed by atoms with Gasteiger partial charge < -0.3 is 10.2 Å². The molecule has 0 saturated heterocycles. The number of aliphatic hydroxyl groups excluding tert-OH is 1. The van der Waals surface area contributed by atoms with Gasteiger partial charge in [0.2, 0.25) is 0 Å². The van der Waals surface area contributed by atoms with Gasteiger partial charge in [0.15, 0.2) is 0 Å². The van der Waals surface area contributed by atoms with Gasteiger partial charge in [-0.05, 0) is 18.0 Å². The average Bonchev–Trinajstić information content (AvgIpc) is 2.04. The molecule has 0 saturated carbocycles. The first-order chi connectivity index (χ1) is 5.25. The average molecular weight is 139 g/mol. The third-order valence-electron chi connectivity index (χ3n) is 1.25. The minimum absolute atomic E-state index is 0.0709. The van der Waals surface area contributed by atoms with Crippen molar-refractivity contribution in [3.05, 3.63) is 29.8 Å². The molecule has 1 aromatic rings. The van der Waals surface area contributed by atoms with E-state index in [1.54, 1.807) is 18.2 Å². The second kappa shape index (κ2) is 3.22. The molecule has 2 heteroatoms. The van der Waals surface area contributed by atoms with E-state index in [-0.39, 0.29) is 12.4 Å². The second-order valence-corrected chi connectivity index (χ2v) is 1.95. The molecule has 2 nitrogen and oxygen atoms in total. The number of hydrogen-bond acceptors (Lipinski definition) is 2. The summed E-state index contributed by atoms with van der Waals surface area (Å²) < 4.78 is 7.29. The summed E-state index contributed by atoms with van der Waals surface area (Å²) >= 11 is 0. The lowest BCUT2D eigenvalue weighted by molar-refractivity contribution is 0.297. The van der Waals surface area contributed by atoms with Crippen molar-refractivity contribution in [2.45, 2.75) is 6.40 Å². The summed E-state index contributed by atoms with van der Waals surface area (Å²) in [4.78, 5) is 0. The zero-order chi connectivity index (χ0) is 8.27. The lowest BCUT2D eigenvalue weighted by Crippen LogP contribution is -1.89. The summed E-state index contributed by atoms with van der Waals surface area (Å²) in [6.07, 6.45) is -0.740. The Morgan fingerprint density at radius 1 is 1.40 bits per heavy atom. The smallest absolute Gasteiger partial charge is 0.118 e. The number of hydrogen-bond donors (Lipinski definition) is 2. The number of benzene rings is 1. The minimum atomic E-state index is -0.740. The van der Waals surface area contributed by atoms with Crippen LogP contribution in [0.1, 0.15) is 6.93 Å². The lowest BCUT2D eigenvalue weighted by atomic mass is 10.1. The van der Waals surface area contributed by atoms with Crippen LogP contribution < -0.4 is 0 Å². The third kappa shape index (κ3) is 1.48. The Morgan fingerprint density at radius 2 is 2.10 bits per heavy atom. The fourth-order valence-corrected chi connectivity index (χ4v) is 0.758. The molecule has 0 aromatic heterocycles. The fraction of sp³-hybridized carbons (Fsp3) is 0.250. The Kier molecular flexibility index (Phi) is 1.85. The molecule has 54 valence electrons. The Labute approximate surface area is 61.2 Å². The van der Waals surface area contributed by atoms with Crippen LogP contribution in [0.15, 0.2) is 24.3 Å². The summed E-state index contributed by atoms with van der Waals surface area (Å²) in [5.41, 5.74) is 0.468. The van der Waals surface area contributed by atoms with Gasteiger partial charge in [-0.2, -0.15) is 0 Å². The van der Waals surface area contributed by atoms with E-state index < -0.39 is 6.40 Å². The maximum Gasteiger partial charge on any atom is 0.118 e. The van der Waals surface area contributed by atoms with Crippen molar-refractivity contribution < 1.29 is 11.6 Å². The maximum atomic E-state index is 9.18. The number of rotatable bonds is 2. The Balaban J connectivity index is 2.93. The first kappa shape index (κ1) is 5.74. The lowest BCUT2D eigenvalue weighted by Gasteiger charge is -1.99. The van der Waals surface area contributed by atoms with Gasteiger partial charge in [0.1, 0.15) is 5.75 Å². The summed E-state index contributed by atoms with van der Waals surface area (Å²) in [7, 11) is 0. The van der Waals surface area contributed by atoms with Crippen LogP contribution in [-0.4, -0.2) is 16.8 Å². The molecule has 0 bridgehead atoms. The topological polar surface area (TPSA) is 40.5 Å². The molecule has 0 fully saturated rings. The summed E-state index contributed by atoms with van der Waals surface area (Å²) in [6.45, 7) is -0.266. The summed E-state index contributed by atoms with van der Waals surface area (Å²) in [6, 6.07) is 6.55. The molecule has 0 aliphatic carbocycles. The van der Waals surface area contributed by atoms with Gasteiger partial charge in [-0.25, -0.2) is 0 Å². The highest BCUT2D eigenvalue weighted by atomic mass is 16.3. The van der Waals surface area contributed by atoms with E-state index in [0.717, 1.165) is 0 Å². The highest BCUT2D eigenvalue weighted by Crippen LogP contribution is 2.15. The zero-order valence-corrected chi connectivity index (χ0v) is 5.49. The Bertz CT molecular complexity index is 237. The number of para-hydroxylation sites is 1. The van der Waals surface area contributed by atoms with Crippen molar-refractivity contribution in [2.24, 2.45) is 0 Å². The monoisotopic (exact) mass is 139 g/mol. The van der Waals surface area contributed by atoms with Crippen molar-refractivity contribution in [2.75, 3.05) is 6.61 Å². The van der Waals surface area contributed by atoms with Gasteiger partial charge in [0.05, 0.1) is 0 Å². The molecule has 2 N–H and O–H groups in total. The van der Waals surface area contributed by atoms with Crippen molar-refractivity contribution in [3.8, 4) is 5.75 Å². The van der Waals surface area contributed by atoms with Crippen LogP contribution >= 0.6 is 0 Å². The molecule has 1 atom stereocenters. The number of aliphatic hydroxyl groups is 1. The Morgan fingerprint density at radius 3 is 2.70 bits per heavy atom. The van der Waals surface area contributed by atoms with E-state index in [0.29, 0.717) is 5.56 Å². The van der Waals surface area contributed by atoms with E-state index in [9.17, 15) is 5.11 Å². The van der Waals surface area contributed by atoms with Crippen LogP contribution in [0.3, 0.4) is 0 Å². The van der Waals surface area contributed by atoms with Gasteiger partial charge in [-0.3, -0.25) is 0 Å². The number of aromatic hydroxyl groups is 1. The molecule has 0 spiro atoms. The van der Waals surface area contributed by atoms with Gasteiger partial charge in [0, 0.05) is 7.98 Å². The summed E-state index contributed by atoms with van der Waals surface area (Å²) in [5.74, 6) is 0.0709. The van der Waals surface area contributed by atoms with E-state index in [4.69, 9.17) is 6.48 Å². The predicted molar refractivity (Wildman–Crippen MR) is 38.9 cm³/mol. The maximum absolute atomic E-state index is 9.18. The van der Waals surface area contributed by atoms with Crippen LogP contribution in [0.5, 0.6) is 5.75 Å². The van der Waals surface area contributed by atoms with Crippen LogP contribution in [0.4, 0.5) is 0 Å². The molecule has 0 aliphatic heterocycles. The normalized spacial score (nSPS) is 14.3. The van der Waals surface area contributed by atoms with Crippen LogP contribution in [0.2, 0.25) is 0 Å². The quantitative estimate of drug-likeness (QED) is 0.639. The van der Waals surface area contributed by atoms with Gasteiger partial charge in [0.25, 0.3) is 0 Å². The molecule has 1 unspecified atom stereocenters. The molecule has 0 heterocycles. The molecule has 0 aliphatic rings. The van der Waals surface area contributed by atoms with Crippen molar-refractivity contribution in [1.29, 1.82) is 0 Å². The molecular weight excluding hydrogens is 128 g/mol. The molecule has 1 rings (SSSR count). The highest BCUT2D eigenvalue weighted by Gasteiger charge is 1.95. The van der Waals surface area contributed by atoms with Gasteiger partial charge >= 0.3 is 0 Å². The SMILES string of the molecule is [2H]C(CO)c1ccccc1O. The number of phenolic OH excluding ortho intramolecular Hbond substituents is 1. The van der Waals surface area contributed by atoms with Gasteiger partial charge in [-0.15, -0.1) is 0 Å². The van der Waals surface area contributed by atoms with Crippen LogP contribution in [0, 0.1) is 0 Å². The molecule has 1 aromatic carbocycles. The van der Waals surface area contributed by atoms with E-state index in [1.165, 1.54) is 6.07 Å². The molecule has 0 amide bonds. The molecular formula is C8H10O2. The third-order valence-corrected chi connectivity index (χ3v) is 1.25. The van der Waals surface area contributed by atoms with Crippen molar-refractivity contribution in [3.63, 3.8) is 0 Å². The molecule has 0 radical (unpaired) electrons. The van der Waals surface area contributed by atoms with Crippen LogP contribution in [0.25, 0.3) is 0 Å². The van der Waals surface area contributed by atoms with E-state index in [2.05, 4.69) is 0 Å².